The van der Waals surface area contributed by atoms with E-state index in [-0.39, 0.29) is 0 Å². The van der Waals surface area contributed by atoms with Crippen molar-refractivity contribution in [2.45, 2.75) is 6.61 Å². The van der Waals surface area contributed by atoms with Crippen molar-refractivity contribution in [2.75, 3.05) is 18.2 Å². The zero-order chi connectivity index (χ0) is 14.7. The lowest BCUT2D eigenvalue weighted by molar-refractivity contribution is 0.185. The second-order valence-electron chi connectivity index (χ2n) is 4.88. The van der Waals surface area contributed by atoms with Crippen molar-refractivity contribution >= 4 is 27.8 Å². The van der Waals surface area contributed by atoms with Crippen molar-refractivity contribution < 1.29 is 4.74 Å². The molecule has 0 aliphatic carbocycles. The molecule has 3 rings (SSSR count). The highest BCUT2D eigenvalue weighted by Crippen LogP contribution is 2.30. The topological polar surface area (TPSA) is 60.2 Å². The fourth-order valence-corrected chi connectivity index (χ4v) is 2.36. The number of pyridine rings is 1. The highest BCUT2D eigenvalue weighted by atomic mass is 16.5. The van der Waals surface area contributed by atoms with Crippen LogP contribution in [0.25, 0.3) is 10.8 Å². The van der Waals surface area contributed by atoms with Crippen LogP contribution in [0.2, 0.25) is 0 Å². The molecule has 0 radical (unpaired) electrons. The van der Waals surface area contributed by atoms with E-state index in [1.807, 2.05) is 42.6 Å². The summed E-state index contributed by atoms with van der Waals surface area (Å²) in [5.74, 6) is 0. The first-order valence-electron chi connectivity index (χ1n) is 6.75. The van der Waals surface area contributed by atoms with E-state index < -0.39 is 0 Å². The van der Waals surface area contributed by atoms with Gasteiger partial charge in [-0.3, -0.25) is 4.98 Å². The molecule has 0 atom stereocenters. The van der Waals surface area contributed by atoms with Crippen LogP contribution < -0.4 is 11.1 Å². The Bertz CT molecular complexity index is 771. The molecule has 0 unspecified atom stereocenters. The molecule has 3 aromatic rings. The molecule has 106 valence electrons. The summed E-state index contributed by atoms with van der Waals surface area (Å²) in [5, 5.41) is 5.40. The van der Waals surface area contributed by atoms with Gasteiger partial charge in [0.25, 0.3) is 0 Å². The minimum Gasteiger partial charge on any atom is -0.397 e. The van der Waals surface area contributed by atoms with Gasteiger partial charge in [-0.05, 0) is 29.8 Å². The van der Waals surface area contributed by atoms with Gasteiger partial charge in [-0.25, -0.2) is 0 Å². The molecule has 21 heavy (non-hydrogen) atoms. The Morgan fingerprint density at radius 2 is 2.10 bits per heavy atom. The van der Waals surface area contributed by atoms with Gasteiger partial charge < -0.3 is 15.8 Å². The molecule has 2 aromatic carbocycles. The molecular formula is C17H17N3O. The van der Waals surface area contributed by atoms with E-state index in [0.717, 1.165) is 33.4 Å². The SMILES string of the molecule is COCc1cccc(Nc2ccc3cnccc3c2N)c1. The van der Waals surface area contributed by atoms with Gasteiger partial charge in [0.2, 0.25) is 0 Å². The van der Waals surface area contributed by atoms with Gasteiger partial charge in [-0.1, -0.05) is 18.2 Å². The van der Waals surface area contributed by atoms with Crippen LogP contribution in [-0.4, -0.2) is 12.1 Å². The van der Waals surface area contributed by atoms with Gasteiger partial charge >= 0.3 is 0 Å². The van der Waals surface area contributed by atoms with Crippen LogP contribution in [-0.2, 0) is 11.3 Å². The van der Waals surface area contributed by atoms with Crippen LogP contribution in [0.15, 0.2) is 54.9 Å². The van der Waals surface area contributed by atoms with Crippen molar-refractivity contribution in [3.8, 4) is 0 Å². The average Bonchev–Trinajstić information content (AvgIpc) is 2.51. The minimum atomic E-state index is 0.592. The third kappa shape index (κ3) is 2.80. The minimum absolute atomic E-state index is 0.592. The van der Waals surface area contributed by atoms with Gasteiger partial charge in [0.05, 0.1) is 18.0 Å². The maximum atomic E-state index is 6.25. The number of nitrogen functional groups attached to an aromatic ring is 1. The average molecular weight is 279 g/mol. The quantitative estimate of drug-likeness (QED) is 0.715. The van der Waals surface area contributed by atoms with Crippen LogP contribution in [0.3, 0.4) is 0 Å². The molecule has 0 saturated heterocycles. The number of hydrogen-bond acceptors (Lipinski definition) is 4. The summed E-state index contributed by atoms with van der Waals surface area (Å²) in [5.41, 5.74) is 9.98. The van der Waals surface area contributed by atoms with E-state index in [2.05, 4.69) is 16.4 Å². The lowest BCUT2D eigenvalue weighted by atomic mass is 10.1. The Morgan fingerprint density at radius 3 is 2.95 bits per heavy atom. The number of methoxy groups -OCH3 is 1. The first-order chi connectivity index (χ1) is 10.3. The van der Waals surface area contributed by atoms with E-state index in [1.54, 1.807) is 13.3 Å². The summed E-state index contributed by atoms with van der Waals surface area (Å²) in [6.07, 6.45) is 3.57. The number of fused-ring (bicyclic) bond motifs is 1. The van der Waals surface area contributed by atoms with Crippen molar-refractivity contribution in [2.24, 2.45) is 0 Å². The number of nitrogens with two attached hydrogens (primary N) is 1. The summed E-state index contributed by atoms with van der Waals surface area (Å²) in [6, 6.07) is 14.0. The van der Waals surface area contributed by atoms with Gasteiger partial charge in [0, 0.05) is 36.0 Å². The number of aromatic nitrogens is 1. The molecule has 0 bridgehead atoms. The Balaban J connectivity index is 1.94. The highest BCUT2D eigenvalue weighted by molar-refractivity contribution is 5.99. The summed E-state index contributed by atoms with van der Waals surface area (Å²) < 4.78 is 5.16. The molecule has 1 aromatic heterocycles. The third-order valence-corrected chi connectivity index (χ3v) is 3.38. The first kappa shape index (κ1) is 13.4. The molecule has 4 nitrogen and oxygen atoms in total. The Labute approximate surface area is 123 Å². The maximum Gasteiger partial charge on any atom is 0.0713 e. The number of nitrogens with zero attached hydrogens (tertiary/aromatic N) is 1. The van der Waals surface area contributed by atoms with E-state index in [4.69, 9.17) is 10.5 Å². The monoisotopic (exact) mass is 279 g/mol. The number of hydrogen-bond donors (Lipinski definition) is 2. The largest absolute Gasteiger partial charge is 0.397 e. The molecule has 0 fully saturated rings. The van der Waals surface area contributed by atoms with Crippen molar-refractivity contribution in [1.82, 2.24) is 4.98 Å². The number of anilines is 3. The number of rotatable bonds is 4. The zero-order valence-electron chi connectivity index (χ0n) is 11.8. The molecule has 3 N–H and O–H groups in total. The summed E-state index contributed by atoms with van der Waals surface area (Å²) in [7, 11) is 1.69. The molecule has 0 amide bonds. The summed E-state index contributed by atoms with van der Waals surface area (Å²) in [6.45, 7) is 0.592. The van der Waals surface area contributed by atoms with Crippen LogP contribution >= 0.6 is 0 Å². The molecule has 0 saturated carbocycles. The fourth-order valence-electron chi connectivity index (χ4n) is 2.36. The molecule has 4 heteroatoms. The second-order valence-corrected chi connectivity index (χ2v) is 4.88. The van der Waals surface area contributed by atoms with E-state index >= 15 is 0 Å². The van der Waals surface area contributed by atoms with Crippen LogP contribution in [0.5, 0.6) is 0 Å². The van der Waals surface area contributed by atoms with Crippen LogP contribution in [0.4, 0.5) is 17.1 Å². The van der Waals surface area contributed by atoms with Gasteiger partial charge in [-0.2, -0.15) is 0 Å². The fraction of sp³-hybridized carbons (Fsp3) is 0.118. The zero-order valence-corrected chi connectivity index (χ0v) is 11.8. The number of benzene rings is 2. The number of ether oxygens (including phenoxy) is 1. The Hall–Kier alpha value is -2.59. The predicted molar refractivity (Wildman–Crippen MR) is 86.6 cm³/mol. The van der Waals surface area contributed by atoms with Crippen molar-refractivity contribution in [3.63, 3.8) is 0 Å². The van der Waals surface area contributed by atoms with Gasteiger partial charge in [0.15, 0.2) is 0 Å². The van der Waals surface area contributed by atoms with Gasteiger partial charge in [-0.15, -0.1) is 0 Å². The highest BCUT2D eigenvalue weighted by Gasteiger charge is 2.05. The Kier molecular flexibility index (Phi) is 3.71. The predicted octanol–water partition coefficient (Wildman–Crippen LogP) is 3.71. The van der Waals surface area contributed by atoms with E-state index in [0.29, 0.717) is 6.61 Å². The first-order valence-corrected chi connectivity index (χ1v) is 6.75. The van der Waals surface area contributed by atoms with E-state index in [1.165, 1.54) is 0 Å². The second kappa shape index (κ2) is 5.81. The molecule has 0 aliphatic heterocycles. The van der Waals surface area contributed by atoms with Crippen LogP contribution in [0, 0.1) is 0 Å². The van der Waals surface area contributed by atoms with E-state index in [9.17, 15) is 0 Å². The standard InChI is InChI=1S/C17H17N3O/c1-21-11-12-3-2-4-14(9-12)20-16-6-5-13-10-19-8-7-15(13)17(16)18/h2-10,20H,11,18H2,1H3. The third-order valence-electron chi connectivity index (χ3n) is 3.38. The lowest BCUT2D eigenvalue weighted by Crippen LogP contribution is -1.98. The van der Waals surface area contributed by atoms with Crippen LogP contribution in [0.1, 0.15) is 5.56 Å². The molecule has 0 aliphatic rings. The molecule has 1 heterocycles. The van der Waals surface area contributed by atoms with Gasteiger partial charge in [0.1, 0.15) is 0 Å². The van der Waals surface area contributed by atoms with Crippen molar-refractivity contribution in [1.29, 1.82) is 0 Å². The summed E-state index contributed by atoms with van der Waals surface area (Å²) >= 11 is 0. The smallest absolute Gasteiger partial charge is 0.0713 e. The molecular weight excluding hydrogens is 262 g/mol. The lowest BCUT2D eigenvalue weighted by Gasteiger charge is -2.12. The number of nitrogens with one attached hydrogen (secondary N) is 1. The maximum absolute atomic E-state index is 6.25. The van der Waals surface area contributed by atoms with Crippen molar-refractivity contribution in [3.05, 3.63) is 60.4 Å². The normalized spacial score (nSPS) is 10.7. The molecule has 0 spiro atoms. The Morgan fingerprint density at radius 1 is 1.19 bits per heavy atom. The summed E-state index contributed by atoms with van der Waals surface area (Å²) in [4.78, 5) is 4.11.